The summed E-state index contributed by atoms with van der Waals surface area (Å²) in [5.41, 5.74) is 0.170. The minimum absolute atomic E-state index is 0.0294. The van der Waals surface area contributed by atoms with Crippen molar-refractivity contribution < 1.29 is 14.1 Å². The monoisotopic (exact) mass is 352 g/mol. The molecule has 1 amide bonds. The van der Waals surface area contributed by atoms with Gasteiger partial charge in [-0.25, -0.2) is 4.39 Å². The van der Waals surface area contributed by atoms with E-state index in [2.05, 4.69) is 21.2 Å². The van der Waals surface area contributed by atoms with Crippen LogP contribution in [0.5, 0.6) is 0 Å². The van der Waals surface area contributed by atoms with Crippen molar-refractivity contribution in [3.8, 4) is 0 Å². The lowest BCUT2D eigenvalue weighted by Gasteiger charge is -2.07. The van der Waals surface area contributed by atoms with Gasteiger partial charge in [-0.1, -0.05) is 34.1 Å². The molecule has 0 unspecified atom stereocenters. The van der Waals surface area contributed by atoms with Gasteiger partial charge in [0.25, 0.3) is 5.69 Å². The first-order valence-corrected chi connectivity index (χ1v) is 6.74. The second kappa shape index (κ2) is 6.45. The molecule has 2 aromatic carbocycles. The summed E-state index contributed by atoms with van der Waals surface area (Å²) in [6.07, 6.45) is -0.202. The molecular formula is C14H10BrFN2O3. The fourth-order valence-electron chi connectivity index (χ4n) is 1.80. The van der Waals surface area contributed by atoms with Gasteiger partial charge in [0.2, 0.25) is 5.91 Å². The lowest BCUT2D eigenvalue weighted by molar-refractivity contribution is -0.385. The molecule has 0 radical (unpaired) electrons. The summed E-state index contributed by atoms with van der Waals surface area (Å²) in [5, 5.41) is 13.3. The molecule has 5 nitrogen and oxygen atoms in total. The van der Waals surface area contributed by atoms with E-state index in [9.17, 15) is 19.3 Å². The summed E-state index contributed by atoms with van der Waals surface area (Å²) >= 11 is 3.11. The predicted octanol–water partition coefficient (Wildman–Crippen LogP) is 3.68. The molecular weight excluding hydrogens is 343 g/mol. The van der Waals surface area contributed by atoms with Crippen molar-refractivity contribution in [2.75, 3.05) is 5.32 Å². The van der Waals surface area contributed by atoms with Crippen LogP contribution >= 0.6 is 15.9 Å². The van der Waals surface area contributed by atoms with Gasteiger partial charge in [0, 0.05) is 16.1 Å². The number of amides is 1. The maximum absolute atomic E-state index is 13.6. The molecule has 2 rings (SSSR count). The van der Waals surface area contributed by atoms with Crippen molar-refractivity contribution in [2.45, 2.75) is 6.42 Å². The highest BCUT2D eigenvalue weighted by molar-refractivity contribution is 9.10. The van der Waals surface area contributed by atoms with Crippen LogP contribution < -0.4 is 5.32 Å². The van der Waals surface area contributed by atoms with Crippen LogP contribution in [0.4, 0.5) is 15.8 Å². The molecule has 7 heteroatoms. The molecule has 1 N–H and O–H groups in total. The molecule has 0 fully saturated rings. The minimum atomic E-state index is -0.583. The van der Waals surface area contributed by atoms with Gasteiger partial charge in [0.05, 0.1) is 17.0 Å². The van der Waals surface area contributed by atoms with Crippen LogP contribution in [0.3, 0.4) is 0 Å². The van der Waals surface area contributed by atoms with E-state index in [-0.39, 0.29) is 23.4 Å². The summed E-state index contributed by atoms with van der Waals surface area (Å²) in [4.78, 5) is 22.2. The molecule has 0 aliphatic rings. The van der Waals surface area contributed by atoms with E-state index in [1.54, 1.807) is 12.1 Å². The van der Waals surface area contributed by atoms with E-state index in [4.69, 9.17) is 0 Å². The third-order valence-electron chi connectivity index (χ3n) is 2.74. The van der Waals surface area contributed by atoms with Gasteiger partial charge in [0.1, 0.15) is 5.82 Å². The Labute approximate surface area is 128 Å². The number of nitrogens with one attached hydrogen (secondary N) is 1. The first-order chi connectivity index (χ1) is 9.97. The van der Waals surface area contributed by atoms with Crippen molar-refractivity contribution in [1.29, 1.82) is 0 Å². The number of carbonyl (C=O) groups excluding carboxylic acids is 1. The number of nitro benzene ring substituents is 1. The zero-order valence-corrected chi connectivity index (χ0v) is 12.3. The van der Waals surface area contributed by atoms with Crippen LogP contribution in [0, 0.1) is 15.9 Å². The first kappa shape index (κ1) is 15.1. The molecule has 0 aromatic heterocycles. The Balaban J connectivity index is 2.14. The minimum Gasteiger partial charge on any atom is -0.323 e. The smallest absolute Gasteiger partial charge is 0.273 e. The molecule has 108 valence electrons. The highest BCUT2D eigenvalue weighted by Gasteiger charge is 2.16. The number of rotatable bonds is 4. The standard InChI is InChI=1S/C14H10BrFN2O3/c15-10-5-6-12(11(16)8-10)17-14(19)7-9-3-1-2-4-13(9)18(20)21/h1-6,8H,7H2,(H,17,19). The average molecular weight is 353 g/mol. The van der Waals surface area contributed by atoms with Crippen molar-refractivity contribution >= 4 is 33.2 Å². The van der Waals surface area contributed by atoms with Gasteiger partial charge in [0.15, 0.2) is 0 Å². The fraction of sp³-hybridized carbons (Fsp3) is 0.0714. The molecule has 0 saturated carbocycles. The van der Waals surface area contributed by atoms with Crippen LogP contribution in [0.2, 0.25) is 0 Å². The van der Waals surface area contributed by atoms with Crippen LogP contribution in [-0.2, 0) is 11.2 Å². The summed E-state index contributed by atoms with van der Waals surface area (Å²) in [7, 11) is 0. The van der Waals surface area contributed by atoms with Gasteiger partial charge >= 0.3 is 0 Å². The normalized spacial score (nSPS) is 10.2. The lowest BCUT2D eigenvalue weighted by atomic mass is 10.1. The molecule has 2 aromatic rings. The number of hydrogen-bond donors (Lipinski definition) is 1. The van der Waals surface area contributed by atoms with Gasteiger partial charge in [-0.05, 0) is 18.2 Å². The highest BCUT2D eigenvalue weighted by Crippen LogP contribution is 2.21. The van der Waals surface area contributed by atoms with E-state index >= 15 is 0 Å². The Hall–Kier alpha value is -2.28. The topological polar surface area (TPSA) is 72.2 Å². The van der Waals surface area contributed by atoms with Crippen molar-refractivity contribution in [3.63, 3.8) is 0 Å². The summed E-state index contributed by atoms with van der Waals surface area (Å²) in [6, 6.07) is 10.2. The van der Waals surface area contributed by atoms with Crippen molar-refractivity contribution in [1.82, 2.24) is 0 Å². The van der Waals surface area contributed by atoms with E-state index in [1.807, 2.05) is 0 Å². The van der Waals surface area contributed by atoms with Crippen LogP contribution in [0.25, 0.3) is 0 Å². The molecule has 0 bridgehead atoms. The van der Waals surface area contributed by atoms with Crippen molar-refractivity contribution in [3.05, 3.63) is 68.4 Å². The maximum Gasteiger partial charge on any atom is 0.273 e. The quantitative estimate of drug-likeness (QED) is 0.673. The summed E-state index contributed by atoms with van der Waals surface area (Å²) in [6.45, 7) is 0. The van der Waals surface area contributed by atoms with E-state index in [1.165, 1.54) is 30.3 Å². The lowest BCUT2D eigenvalue weighted by Crippen LogP contribution is -2.16. The number of nitrogens with zero attached hydrogens (tertiary/aromatic N) is 1. The number of carbonyl (C=O) groups is 1. The van der Waals surface area contributed by atoms with E-state index < -0.39 is 16.6 Å². The largest absolute Gasteiger partial charge is 0.323 e. The highest BCUT2D eigenvalue weighted by atomic mass is 79.9. The van der Waals surface area contributed by atoms with Gasteiger partial charge in [-0.15, -0.1) is 0 Å². The first-order valence-electron chi connectivity index (χ1n) is 5.94. The van der Waals surface area contributed by atoms with Crippen LogP contribution in [0.1, 0.15) is 5.56 Å². The molecule has 0 saturated heterocycles. The molecule has 0 atom stereocenters. The van der Waals surface area contributed by atoms with Gasteiger partial charge in [-0.2, -0.15) is 0 Å². The Morgan fingerprint density at radius 2 is 2.00 bits per heavy atom. The SMILES string of the molecule is O=C(Cc1ccccc1[N+](=O)[O-])Nc1ccc(Br)cc1F. The molecule has 0 aliphatic heterocycles. The van der Waals surface area contributed by atoms with Crippen molar-refractivity contribution in [2.24, 2.45) is 0 Å². The Morgan fingerprint density at radius 3 is 2.67 bits per heavy atom. The molecule has 21 heavy (non-hydrogen) atoms. The zero-order chi connectivity index (χ0) is 15.4. The Morgan fingerprint density at radius 1 is 1.29 bits per heavy atom. The molecule has 0 heterocycles. The third-order valence-corrected chi connectivity index (χ3v) is 3.24. The predicted molar refractivity (Wildman–Crippen MR) is 79.5 cm³/mol. The van der Waals surface area contributed by atoms with Crippen LogP contribution in [-0.4, -0.2) is 10.8 Å². The number of anilines is 1. The maximum atomic E-state index is 13.6. The summed E-state index contributed by atoms with van der Waals surface area (Å²) < 4.78 is 14.2. The number of halogens is 2. The number of benzene rings is 2. The summed E-state index contributed by atoms with van der Waals surface area (Å²) in [5.74, 6) is -1.11. The third kappa shape index (κ3) is 3.85. The number of para-hydroxylation sites is 1. The number of hydrogen-bond acceptors (Lipinski definition) is 3. The van der Waals surface area contributed by atoms with E-state index in [0.717, 1.165) is 0 Å². The second-order valence-corrected chi connectivity index (χ2v) is 5.15. The average Bonchev–Trinajstić information content (AvgIpc) is 2.42. The Bertz CT molecular complexity index is 706. The fourth-order valence-corrected chi connectivity index (χ4v) is 2.13. The van der Waals surface area contributed by atoms with E-state index in [0.29, 0.717) is 4.47 Å². The molecule has 0 aliphatic carbocycles. The number of nitro groups is 1. The van der Waals surface area contributed by atoms with Crippen LogP contribution in [0.15, 0.2) is 46.9 Å². The zero-order valence-electron chi connectivity index (χ0n) is 10.7. The van der Waals surface area contributed by atoms with Gasteiger partial charge < -0.3 is 5.32 Å². The molecule has 0 spiro atoms. The Kier molecular flexibility index (Phi) is 4.64. The second-order valence-electron chi connectivity index (χ2n) is 4.23. The van der Waals surface area contributed by atoms with Gasteiger partial charge in [-0.3, -0.25) is 14.9 Å².